The van der Waals surface area contributed by atoms with Crippen molar-refractivity contribution in [2.45, 2.75) is 59.5 Å². The van der Waals surface area contributed by atoms with E-state index >= 15 is 0 Å². The van der Waals surface area contributed by atoms with Gasteiger partial charge in [-0.15, -0.1) is 0 Å². The van der Waals surface area contributed by atoms with Gasteiger partial charge in [0.1, 0.15) is 16.9 Å². The fraction of sp³-hybridized carbons (Fsp3) is 0.348. The minimum absolute atomic E-state index is 0.260. The van der Waals surface area contributed by atoms with Crippen molar-refractivity contribution in [1.82, 2.24) is 0 Å². The number of ether oxygens (including phenoxy) is 1. The molecular weight excluding hydrogens is 402 g/mol. The molecule has 0 bridgehead atoms. The standard InChI is InChI=1S/C23H27NO5S/c1-12(2)28-23(25)21-17(7)29-20-10-14(4)19(11-18(20)21)24-30(26,27)22-15(5)8-13(3)9-16(22)6/h8-12,24H,1-7H3. The summed E-state index contributed by atoms with van der Waals surface area (Å²) in [7, 11) is -3.82. The van der Waals surface area contributed by atoms with E-state index in [-0.39, 0.29) is 11.0 Å². The summed E-state index contributed by atoms with van der Waals surface area (Å²) in [6.07, 6.45) is -0.280. The molecule has 0 radical (unpaired) electrons. The summed E-state index contributed by atoms with van der Waals surface area (Å²) >= 11 is 0. The Morgan fingerprint density at radius 2 is 1.57 bits per heavy atom. The summed E-state index contributed by atoms with van der Waals surface area (Å²) < 4.78 is 40.1. The zero-order valence-electron chi connectivity index (χ0n) is 18.3. The third kappa shape index (κ3) is 4.07. The number of esters is 1. The zero-order valence-corrected chi connectivity index (χ0v) is 19.2. The molecule has 0 saturated heterocycles. The molecule has 0 aliphatic rings. The van der Waals surface area contributed by atoms with E-state index in [0.717, 1.165) is 5.56 Å². The van der Waals surface area contributed by atoms with Crippen molar-refractivity contribution < 1.29 is 22.4 Å². The Kier molecular flexibility index (Phi) is 5.69. The van der Waals surface area contributed by atoms with Crippen LogP contribution in [-0.4, -0.2) is 20.5 Å². The molecule has 6 nitrogen and oxygen atoms in total. The minimum atomic E-state index is -3.82. The molecule has 3 rings (SSSR count). The molecule has 0 saturated carbocycles. The van der Waals surface area contributed by atoms with Gasteiger partial charge in [-0.3, -0.25) is 4.72 Å². The van der Waals surface area contributed by atoms with Gasteiger partial charge < -0.3 is 9.15 Å². The normalized spacial score (nSPS) is 11.9. The van der Waals surface area contributed by atoms with Crippen LogP contribution in [0.3, 0.4) is 0 Å². The summed E-state index contributed by atoms with van der Waals surface area (Å²) in [6.45, 7) is 12.5. The topological polar surface area (TPSA) is 85.6 Å². The van der Waals surface area contributed by atoms with Crippen LogP contribution in [0, 0.1) is 34.6 Å². The van der Waals surface area contributed by atoms with Gasteiger partial charge in [0.2, 0.25) is 0 Å². The second-order valence-corrected chi connectivity index (χ2v) is 9.60. The van der Waals surface area contributed by atoms with E-state index < -0.39 is 16.0 Å². The van der Waals surface area contributed by atoms with Crippen LogP contribution in [0.1, 0.15) is 52.2 Å². The SMILES string of the molecule is Cc1cc(C)c(S(=O)(=O)Nc2cc3c(C(=O)OC(C)C)c(C)oc3cc2C)c(C)c1. The van der Waals surface area contributed by atoms with Gasteiger partial charge in [0.25, 0.3) is 10.0 Å². The van der Waals surface area contributed by atoms with E-state index in [1.807, 2.05) is 19.1 Å². The number of nitrogens with one attached hydrogen (secondary N) is 1. The van der Waals surface area contributed by atoms with E-state index in [0.29, 0.717) is 44.7 Å². The first-order valence-electron chi connectivity index (χ1n) is 9.76. The Morgan fingerprint density at radius 3 is 2.13 bits per heavy atom. The van der Waals surface area contributed by atoms with E-state index in [1.54, 1.807) is 53.7 Å². The number of carbonyl (C=O) groups is 1. The van der Waals surface area contributed by atoms with Crippen molar-refractivity contribution in [2.75, 3.05) is 4.72 Å². The minimum Gasteiger partial charge on any atom is -0.460 e. The first-order chi connectivity index (χ1) is 13.9. The zero-order chi connectivity index (χ0) is 22.4. The van der Waals surface area contributed by atoms with Crippen LogP contribution in [0.15, 0.2) is 33.6 Å². The van der Waals surface area contributed by atoms with Crippen molar-refractivity contribution in [3.63, 3.8) is 0 Å². The Labute approximate surface area is 177 Å². The molecular formula is C23H27NO5S. The highest BCUT2D eigenvalue weighted by Gasteiger charge is 2.24. The first-order valence-corrected chi connectivity index (χ1v) is 11.2. The third-order valence-electron chi connectivity index (χ3n) is 4.88. The predicted octanol–water partition coefficient (Wildman–Crippen LogP) is 5.34. The van der Waals surface area contributed by atoms with E-state index in [1.165, 1.54) is 0 Å². The van der Waals surface area contributed by atoms with Gasteiger partial charge in [-0.1, -0.05) is 17.7 Å². The molecule has 1 aromatic heterocycles. The fourth-order valence-corrected chi connectivity index (χ4v) is 5.37. The lowest BCUT2D eigenvalue weighted by Crippen LogP contribution is -2.16. The summed E-state index contributed by atoms with van der Waals surface area (Å²) in [5.74, 6) is -0.0654. The van der Waals surface area contributed by atoms with Gasteiger partial charge >= 0.3 is 5.97 Å². The highest BCUT2D eigenvalue weighted by Crippen LogP contribution is 2.33. The highest BCUT2D eigenvalue weighted by molar-refractivity contribution is 7.92. The maximum atomic E-state index is 13.2. The van der Waals surface area contributed by atoms with Crippen LogP contribution in [0.4, 0.5) is 5.69 Å². The van der Waals surface area contributed by atoms with Crippen molar-refractivity contribution in [2.24, 2.45) is 0 Å². The number of anilines is 1. The van der Waals surface area contributed by atoms with Crippen LogP contribution < -0.4 is 4.72 Å². The van der Waals surface area contributed by atoms with Gasteiger partial charge in [0, 0.05) is 5.39 Å². The van der Waals surface area contributed by atoms with Crippen LogP contribution in [0.25, 0.3) is 11.0 Å². The average Bonchev–Trinajstić information content (AvgIpc) is 2.87. The summed E-state index contributed by atoms with van der Waals surface area (Å²) in [4.78, 5) is 12.8. The molecule has 0 unspecified atom stereocenters. The number of benzene rings is 2. The van der Waals surface area contributed by atoms with Crippen LogP contribution in [-0.2, 0) is 14.8 Å². The molecule has 3 aromatic rings. The van der Waals surface area contributed by atoms with Gasteiger partial charge in [-0.25, -0.2) is 13.2 Å². The number of hydrogen-bond donors (Lipinski definition) is 1. The number of carbonyl (C=O) groups excluding carboxylic acids is 1. The maximum Gasteiger partial charge on any atom is 0.342 e. The number of aryl methyl sites for hydroxylation is 5. The first kappa shape index (κ1) is 21.9. The molecule has 0 aliphatic carbocycles. The second-order valence-electron chi connectivity index (χ2n) is 7.98. The summed E-state index contributed by atoms with van der Waals surface area (Å²) in [6, 6.07) is 7.05. The molecule has 0 atom stereocenters. The number of sulfonamides is 1. The molecule has 7 heteroatoms. The number of hydrogen-bond acceptors (Lipinski definition) is 5. The highest BCUT2D eigenvalue weighted by atomic mass is 32.2. The van der Waals surface area contributed by atoms with Crippen molar-refractivity contribution in [3.05, 3.63) is 57.8 Å². The predicted molar refractivity (Wildman–Crippen MR) is 118 cm³/mol. The Morgan fingerprint density at radius 1 is 0.967 bits per heavy atom. The van der Waals surface area contributed by atoms with Gasteiger partial charge in [0.05, 0.1) is 16.7 Å². The summed E-state index contributed by atoms with van der Waals surface area (Å²) in [5, 5.41) is 0.513. The fourth-order valence-electron chi connectivity index (χ4n) is 3.79. The quantitative estimate of drug-likeness (QED) is 0.553. The maximum absolute atomic E-state index is 13.2. The number of rotatable bonds is 5. The lowest BCUT2D eigenvalue weighted by Gasteiger charge is -2.15. The molecule has 30 heavy (non-hydrogen) atoms. The van der Waals surface area contributed by atoms with E-state index in [2.05, 4.69) is 4.72 Å². The lowest BCUT2D eigenvalue weighted by molar-refractivity contribution is 0.0378. The molecule has 0 amide bonds. The van der Waals surface area contributed by atoms with Crippen LogP contribution >= 0.6 is 0 Å². The monoisotopic (exact) mass is 429 g/mol. The van der Waals surface area contributed by atoms with Gasteiger partial charge in [0.15, 0.2) is 0 Å². The molecule has 2 aromatic carbocycles. The van der Waals surface area contributed by atoms with Crippen molar-refractivity contribution in [3.8, 4) is 0 Å². The lowest BCUT2D eigenvalue weighted by atomic mass is 10.1. The van der Waals surface area contributed by atoms with Gasteiger partial charge in [-0.05, 0) is 77.3 Å². The van der Waals surface area contributed by atoms with Crippen LogP contribution in [0.2, 0.25) is 0 Å². The van der Waals surface area contributed by atoms with E-state index in [9.17, 15) is 13.2 Å². The average molecular weight is 430 g/mol. The number of furan rings is 1. The largest absolute Gasteiger partial charge is 0.460 e. The van der Waals surface area contributed by atoms with Crippen LogP contribution in [0.5, 0.6) is 0 Å². The molecule has 1 N–H and O–H groups in total. The Bertz CT molecular complexity index is 1230. The molecule has 160 valence electrons. The third-order valence-corrected chi connectivity index (χ3v) is 6.55. The Balaban J connectivity index is 2.11. The smallest absolute Gasteiger partial charge is 0.342 e. The van der Waals surface area contributed by atoms with E-state index in [4.69, 9.17) is 9.15 Å². The number of fused-ring (bicyclic) bond motifs is 1. The second kappa shape index (κ2) is 7.80. The molecule has 0 fully saturated rings. The molecule has 1 heterocycles. The van der Waals surface area contributed by atoms with Gasteiger partial charge in [-0.2, -0.15) is 0 Å². The Hall–Kier alpha value is -2.80. The molecule has 0 aliphatic heterocycles. The summed E-state index contributed by atoms with van der Waals surface area (Å²) in [5.41, 5.74) is 4.25. The van der Waals surface area contributed by atoms with Crippen molar-refractivity contribution >= 4 is 32.6 Å². The van der Waals surface area contributed by atoms with Crippen molar-refractivity contribution in [1.29, 1.82) is 0 Å². The molecule has 0 spiro atoms.